The molecule has 0 aliphatic rings. The molecule has 0 unspecified atom stereocenters. The predicted octanol–water partition coefficient (Wildman–Crippen LogP) is 3.73. The summed E-state index contributed by atoms with van der Waals surface area (Å²) in [6.45, 7) is 7.00. The number of carbonyl (C=O) groups is 3. The Balaban J connectivity index is 1.77. The third-order valence-corrected chi connectivity index (χ3v) is 5.26. The minimum atomic E-state index is -0.784. The van der Waals surface area contributed by atoms with E-state index in [9.17, 15) is 14.4 Å². The summed E-state index contributed by atoms with van der Waals surface area (Å²) in [4.78, 5) is 37.4. The Kier molecular flexibility index (Phi) is 8.60. The van der Waals surface area contributed by atoms with Gasteiger partial charge in [-0.05, 0) is 50.8 Å². The summed E-state index contributed by atoms with van der Waals surface area (Å²) in [6, 6.07) is 17.7. The third-order valence-electron chi connectivity index (χ3n) is 5.26. The summed E-state index contributed by atoms with van der Waals surface area (Å²) in [5.41, 5.74) is 2.50. The van der Waals surface area contributed by atoms with E-state index in [1.54, 1.807) is 27.7 Å². The molecule has 0 radical (unpaired) electrons. The number of aromatic nitrogens is 2. The van der Waals surface area contributed by atoms with Crippen LogP contribution in [-0.2, 0) is 25.5 Å². The highest BCUT2D eigenvalue weighted by molar-refractivity contribution is 5.96. The molecule has 2 aromatic carbocycles. The fraction of sp³-hybridized carbons (Fsp3) is 0.333. The fourth-order valence-electron chi connectivity index (χ4n) is 3.50. The predicted molar refractivity (Wildman–Crippen MR) is 136 cm³/mol. The molecule has 36 heavy (non-hydrogen) atoms. The molecule has 0 fully saturated rings. The van der Waals surface area contributed by atoms with Crippen molar-refractivity contribution in [2.24, 2.45) is 0 Å². The SMILES string of the molecule is COC(=O)c1cc(NC(=O)[C@H](Cc2ccc(-c3ccccc3)cc2)N[C@@H](C)C(=O)OC(C)(C)C)n[nH]1. The van der Waals surface area contributed by atoms with E-state index in [4.69, 9.17) is 4.74 Å². The quantitative estimate of drug-likeness (QED) is 0.389. The van der Waals surface area contributed by atoms with E-state index in [-0.39, 0.29) is 11.5 Å². The number of carbonyl (C=O) groups excluding carboxylic acids is 3. The Morgan fingerprint density at radius 1 is 1.00 bits per heavy atom. The van der Waals surface area contributed by atoms with Crippen LogP contribution in [0.5, 0.6) is 0 Å². The van der Waals surface area contributed by atoms with Crippen molar-refractivity contribution in [3.63, 3.8) is 0 Å². The van der Waals surface area contributed by atoms with Gasteiger partial charge in [0, 0.05) is 6.07 Å². The molecule has 0 aliphatic carbocycles. The van der Waals surface area contributed by atoms with E-state index >= 15 is 0 Å². The first-order valence-electron chi connectivity index (χ1n) is 11.6. The molecular formula is C27H32N4O5. The van der Waals surface area contributed by atoms with Crippen LogP contribution in [0.2, 0.25) is 0 Å². The van der Waals surface area contributed by atoms with Gasteiger partial charge in [0.1, 0.15) is 17.3 Å². The maximum Gasteiger partial charge on any atom is 0.356 e. The number of rotatable bonds is 9. The zero-order valence-corrected chi connectivity index (χ0v) is 21.1. The van der Waals surface area contributed by atoms with E-state index in [0.717, 1.165) is 16.7 Å². The van der Waals surface area contributed by atoms with Crippen LogP contribution in [-0.4, -0.2) is 52.8 Å². The molecule has 3 rings (SSSR count). The van der Waals surface area contributed by atoms with Crippen molar-refractivity contribution in [2.75, 3.05) is 12.4 Å². The average Bonchev–Trinajstić information content (AvgIpc) is 3.31. The lowest BCUT2D eigenvalue weighted by atomic mass is 10.00. The Labute approximate surface area is 210 Å². The summed E-state index contributed by atoms with van der Waals surface area (Å²) >= 11 is 0. The summed E-state index contributed by atoms with van der Waals surface area (Å²) in [5, 5.41) is 12.2. The van der Waals surface area contributed by atoms with E-state index < -0.39 is 35.5 Å². The molecule has 2 atom stereocenters. The molecule has 1 amide bonds. The Bertz CT molecular complexity index is 1180. The van der Waals surface area contributed by atoms with Crippen molar-refractivity contribution < 1.29 is 23.9 Å². The summed E-state index contributed by atoms with van der Waals surface area (Å²) in [5.74, 6) is -1.32. The van der Waals surface area contributed by atoms with Crippen molar-refractivity contribution in [2.45, 2.75) is 51.8 Å². The Hall–Kier alpha value is -3.98. The molecule has 9 nitrogen and oxygen atoms in total. The fourth-order valence-corrected chi connectivity index (χ4v) is 3.50. The first-order chi connectivity index (χ1) is 17.1. The molecule has 0 bridgehead atoms. The summed E-state index contributed by atoms with van der Waals surface area (Å²) < 4.78 is 10.1. The molecule has 0 saturated carbocycles. The minimum Gasteiger partial charge on any atom is -0.464 e. The Morgan fingerprint density at radius 2 is 1.64 bits per heavy atom. The lowest BCUT2D eigenvalue weighted by Crippen LogP contribution is -2.50. The number of nitrogens with one attached hydrogen (secondary N) is 3. The first-order valence-corrected chi connectivity index (χ1v) is 11.6. The smallest absolute Gasteiger partial charge is 0.356 e. The third kappa shape index (κ3) is 7.51. The van der Waals surface area contributed by atoms with Crippen molar-refractivity contribution in [1.82, 2.24) is 15.5 Å². The van der Waals surface area contributed by atoms with Gasteiger partial charge in [-0.25, -0.2) is 4.79 Å². The lowest BCUT2D eigenvalue weighted by Gasteiger charge is -2.25. The van der Waals surface area contributed by atoms with Gasteiger partial charge < -0.3 is 14.8 Å². The number of H-pyrrole nitrogens is 1. The minimum absolute atomic E-state index is 0.107. The van der Waals surface area contributed by atoms with Crippen molar-refractivity contribution >= 4 is 23.7 Å². The number of hydrogen-bond acceptors (Lipinski definition) is 7. The molecule has 3 aromatic rings. The van der Waals surface area contributed by atoms with Gasteiger partial charge in [-0.1, -0.05) is 54.6 Å². The van der Waals surface area contributed by atoms with Gasteiger partial charge in [0.25, 0.3) is 0 Å². The average molecular weight is 493 g/mol. The molecule has 3 N–H and O–H groups in total. The number of anilines is 1. The Morgan fingerprint density at radius 3 is 2.25 bits per heavy atom. The van der Waals surface area contributed by atoms with Crippen LogP contribution in [0.25, 0.3) is 11.1 Å². The van der Waals surface area contributed by atoms with Crippen LogP contribution in [0.1, 0.15) is 43.7 Å². The van der Waals surface area contributed by atoms with E-state index in [1.165, 1.54) is 13.2 Å². The monoisotopic (exact) mass is 492 g/mol. The van der Waals surface area contributed by atoms with Crippen LogP contribution in [0.15, 0.2) is 60.7 Å². The van der Waals surface area contributed by atoms with Gasteiger partial charge >= 0.3 is 11.9 Å². The van der Waals surface area contributed by atoms with Gasteiger partial charge in [-0.15, -0.1) is 0 Å². The van der Waals surface area contributed by atoms with E-state index in [2.05, 4.69) is 25.6 Å². The number of methoxy groups -OCH3 is 1. The lowest BCUT2D eigenvalue weighted by molar-refractivity contribution is -0.157. The molecular weight excluding hydrogens is 460 g/mol. The van der Waals surface area contributed by atoms with E-state index in [0.29, 0.717) is 6.42 Å². The van der Waals surface area contributed by atoms with Crippen LogP contribution in [0, 0.1) is 0 Å². The molecule has 9 heteroatoms. The zero-order valence-electron chi connectivity index (χ0n) is 21.1. The highest BCUT2D eigenvalue weighted by Gasteiger charge is 2.28. The molecule has 1 aromatic heterocycles. The van der Waals surface area contributed by atoms with Crippen molar-refractivity contribution in [1.29, 1.82) is 0 Å². The number of benzene rings is 2. The summed E-state index contributed by atoms with van der Waals surface area (Å²) in [6.07, 6.45) is 0.308. The number of aromatic amines is 1. The summed E-state index contributed by atoms with van der Waals surface area (Å²) in [7, 11) is 1.25. The number of esters is 2. The topological polar surface area (TPSA) is 122 Å². The van der Waals surface area contributed by atoms with Crippen LogP contribution >= 0.6 is 0 Å². The second-order valence-corrected chi connectivity index (χ2v) is 9.39. The van der Waals surface area contributed by atoms with Crippen molar-refractivity contribution in [3.8, 4) is 11.1 Å². The number of nitrogens with zero attached hydrogens (tertiary/aromatic N) is 1. The largest absolute Gasteiger partial charge is 0.464 e. The van der Waals surface area contributed by atoms with Crippen LogP contribution < -0.4 is 10.6 Å². The number of ether oxygens (including phenoxy) is 2. The first kappa shape index (κ1) is 26.6. The molecule has 0 saturated heterocycles. The van der Waals surface area contributed by atoms with Gasteiger partial charge in [-0.2, -0.15) is 5.10 Å². The molecule has 190 valence electrons. The van der Waals surface area contributed by atoms with Gasteiger partial charge in [0.05, 0.1) is 13.2 Å². The second kappa shape index (κ2) is 11.6. The van der Waals surface area contributed by atoms with Gasteiger partial charge in [-0.3, -0.25) is 20.0 Å². The van der Waals surface area contributed by atoms with Gasteiger partial charge in [0.15, 0.2) is 5.82 Å². The number of amides is 1. The molecule has 0 spiro atoms. The highest BCUT2D eigenvalue weighted by Crippen LogP contribution is 2.20. The van der Waals surface area contributed by atoms with Gasteiger partial charge in [0.2, 0.25) is 5.91 Å². The van der Waals surface area contributed by atoms with Crippen LogP contribution in [0.4, 0.5) is 5.82 Å². The standard InChI is InChI=1S/C27H32N4O5/c1-17(25(33)36-27(2,3)4)28-21(24(32)29-23-16-22(30-31-23)26(34)35-5)15-18-11-13-20(14-12-18)19-9-7-6-8-10-19/h6-14,16-17,21,28H,15H2,1-5H3,(H2,29,30,31,32)/t17-,21-/m0/s1. The molecule has 0 aliphatic heterocycles. The van der Waals surface area contributed by atoms with E-state index in [1.807, 2.05) is 54.6 Å². The van der Waals surface area contributed by atoms with Crippen molar-refractivity contribution in [3.05, 3.63) is 71.9 Å². The maximum atomic E-state index is 13.2. The normalized spacial score (nSPS) is 12.9. The number of hydrogen-bond donors (Lipinski definition) is 3. The molecule has 1 heterocycles. The zero-order chi connectivity index (χ0) is 26.3. The highest BCUT2D eigenvalue weighted by atomic mass is 16.6. The maximum absolute atomic E-state index is 13.2. The second-order valence-electron chi connectivity index (χ2n) is 9.39. The van der Waals surface area contributed by atoms with Crippen LogP contribution in [0.3, 0.4) is 0 Å².